The van der Waals surface area contributed by atoms with Gasteiger partial charge in [0.1, 0.15) is 17.3 Å². The van der Waals surface area contributed by atoms with Gasteiger partial charge in [-0.3, -0.25) is 4.79 Å². The Labute approximate surface area is 164 Å². The molecule has 0 saturated heterocycles. The molecule has 0 aliphatic heterocycles. The summed E-state index contributed by atoms with van der Waals surface area (Å²) >= 11 is 0. The Kier molecular flexibility index (Phi) is 6.36. The zero-order valence-electron chi connectivity index (χ0n) is 15.7. The van der Waals surface area contributed by atoms with Crippen LogP contribution in [0, 0.1) is 0 Å². The van der Waals surface area contributed by atoms with Crippen LogP contribution >= 0.6 is 0 Å². The third-order valence-corrected chi connectivity index (χ3v) is 3.85. The second kappa shape index (κ2) is 9.32. The van der Waals surface area contributed by atoms with Crippen LogP contribution in [0.3, 0.4) is 0 Å². The number of anilines is 2. The van der Waals surface area contributed by atoms with Crippen molar-refractivity contribution in [1.29, 1.82) is 0 Å². The molecule has 0 unspecified atom stereocenters. The number of hydrogen-bond donors (Lipinski definition) is 2. The number of hydrogen-bond acceptors (Lipinski definition) is 5. The highest BCUT2D eigenvalue weighted by molar-refractivity contribution is 5.93. The Hall–Kier alpha value is -3.67. The Bertz CT molecular complexity index is 958. The van der Waals surface area contributed by atoms with Gasteiger partial charge in [0.15, 0.2) is 5.82 Å². The molecule has 0 spiro atoms. The molecule has 0 aliphatic rings. The van der Waals surface area contributed by atoms with Gasteiger partial charge in [0.05, 0.1) is 12.3 Å². The minimum Gasteiger partial charge on any atom is -0.492 e. The number of rotatable bonds is 8. The maximum absolute atomic E-state index is 12.5. The summed E-state index contributed by atoms with van der Waals surface area (Å²) in [6.07, 6.45) is 1.62. The summed E-state index contributed by atoms with van der Waals surface area (Å²) in [5, 5.41) is 5.99. The maximum Gasteiger partial charge on any atom is 0.270 e. The van der Waals surface area contributed by atoms with Gasteiger partial charge in [-0.05, 0) is 19.1 Å². The Balaban J connectivity index is 2.00. The standard InChI is InChI=1S/C22H22N4O2/c1-3-14-23-22(27)18-15-20(24-17-12-8-9-13-19(17)28-4-2)26-21(25-18)16-10-6-5-7-11-16/h3,5-13,15H,1,4,14H2,2H3,(H,23,27)(H,24,25,26). The molecular weight excluding hydrogens is 352 g/mol. The molecule has 1 heterocycles. The number of para-hydroxylation sites is 2. The number of aromatic nitrogens is 2. The molecule has 1 aromatic heterocycles. The van der Waals surface area contributed by atoms with Gasteiger partial charge in [0.2, 0.25) is 0 Å². The van der Waals surface area contributed by atoms with Crippen molar-refractivity contribution in [3.05, 3.63) is 79.0 Å². The minimum atomic E-state index is -0.291. The lowest BCUT2D eigenvalue weighted by Gasteiger charge is -2.13. The van der Waals surface area contributed by atoms with Gasteiger partial charge in [-0.15, -0.1) is 6.58 Å². The van der Waals surface area contributed by atoms with Crippen molar-refractivity contribution in [2.45, 2.75) is 6.92 Å². The number of carbonyl (C=O) groups is 1. The van der Waals surface area contributed by atoms with E-state index in [9.17, 15) is 4.79 Å². The van der Waals surface area contributed by atoms with Gasteiger partial charge in [-0.2, -0.15) is 0 Å². The molecule has 28 heavy (non-hydrogen) atoms. The fourth-order valence-electron chi connectivity index (χ4n) is 2.59. The van der Waals surface area contributed by atoms with Crippen LogP contribution in [0.1, 0.15) is 17.4 Å². The van der Waals surface area contributed by atoms with Crippen LogP contribution in [0.5, 0.6) is 5.75 Å². The van der Waals surface area contributed by atoms with E-state index in [4.69, 9.17) is 4.74 Å². The van der Waals surface area contributed by atoms with Crippen molar-refractivity contribution in [3.8, 4) is 17.1 Å². The lowest BCUT2D eigenvalue weighted by molar-refractivity contribution is 0.0953. The number of benzene rings is 2. The summed E-state index contributed by atoms with van der Waals surface area (Å²) in [5.74, 6) is 1.39. The smallest absolute Gasteiger partial charge is 0.270 e. The first kappa shape index (κ1) is 19.1. The molecule has 6 heteroatoms. The van der Waals surface area contributed by atoms with Gasteiger partial charge in [-0.1, -0.05) is 48.5 Å². The number of nitrogens with one attached hydrogen (secondary N) is 2. The summed E-state index contributed by atoms with van der Waals surface area (Å²) in [6.45, 7) is 6.45. The minimum absolute atomic E-state index is 0.270. The summed E-state index contributed by atoms with van der Waals surface area (Å²) < 4.78 is 5.66. The lowest BCUT2D eigenvalue weighted by Crippen LogP contribution is -2.24. The van der Waals surface area contributed by atoms with Crippen LogP contribution in [-0.4, -0.2) is 29.0 Å². The highest BCUT2D eigenvalue weighted by atomic mass is 16.5. The molecule has 6 nitrogen and oxygen atoms in total. The topological polar surface area (TPSA) is 76.1 Å². The molecule has 0 aliphatic carbocycles. The second-order valence-electron chi connectivity index (χ2n) is 5.88. The molecule has 0 bridgehead atoms. The molecule has 0 radical (unpaired) electrons. The third kappa shape index (κ3) is 4.73. The van der Waals surface area contributed by atoms with Crippen molar-refractivity contribution in [3.63, 3.8) is 0 Å². The largest absolute Gasteiger partial charge is 0.492 e. The number of nitrogens with zero attached hydrogens (tertiary/aromatic N) is 2. The molecule has 0 fully saturated rings. The summed E-state index contributed by atoms with van der Waals surface area (Å²) in [4.78, 5) is 21.5. The molecule has 2 aromatic carbocycles. The number of carbonyl (C=O) groups excluding carboxylic acids is 1. The van der Waals surface area contributed by atoms with Crippen LogP contribution in [0.15, 0.2) is 73.3 Å². The Morgan fingerprint density at radius 1 is 1.11 bits per heavy atom. The fourth-order valence-corrected chi connectivity index (χ4v) is 2.59. The first-order valence-electron chi connectivity index (χ1n) is 9.03. The van der Waals surface area contributed by atoms with E-state index in [-0.39, 0.29) is 11.6 Å². The first-order chi connectivity index (χ1) is 13.7. The second-order valence-corrected chi connectivity index (χ2v) is 5.88. The number of ether oxygens (including phenoxy) is 1. The summed E-state index contributed by atoms with van der Waals surface area (Å²) in [6, 6.07) is 18.7. The molecule has 3 rings (SSSR count). The highest BCUT2D eigenvalue weighted by Crippen LogP contribution is 2.28. The van der Waals surface area contributed by atoms with E-state index < -0.39 is 0 Å². The van der Waals surface area contributed by atoms with Crippen molar-refractivity contribution in [2.24, 2.45) is 0 Å². The van der Waals surface area contributed by atoms with E-state index in [1.165, 1.54) is 0 Å². The SMILES string of the molecule is C=CCNC(=O)c1cc(Nc2ccccc2OCC)nc(-c2ccccc2)n1. The van der Waals surface area contributed by atoms with E-state index in [0.717, 1.165) is 11.3 Å². The first-order valence-corrected chi connectivity index (χ1v) is 9.03. The van der Waals surface area contributed by atoms with E-state index >= 15 is 0 Å². The summed E-state index contributed by atoms with van der Waals surface area (Å²) in [5.41, 5.74) is 1.86. The predicted molar refractivity (Wildman–Crippen MR) is 111 cm³/mol. The van der Waals surface area contributed by atoms with Gasteiger partial charge in [-0.25, -0.2) is 9.97 Å². The van der Waals surface area contributed by atoms with E-state index in [0.29, 0.717) is 30.5 Å². The van der Waals surface area contributed by atoms with Crippen LogP contribution in [0.4, 0.5) is 11.5 Å². The fraction of sp³-hybridized carbons (Fsp3) is 0.136. The average molecular weight is 374 g/mol. The van der Waals surface area contributed by atoms with Crippen molar-refractivity contribution in [2.75, 3.05) is 18.5 Å². The Morgan fingerprint density at radius 2 is 1.86 bits per heavy atom. The van der Waals surface area contributed by atoms with E-state index in [1.54, 1.807) is 12.1 Å². The van der Waals surface area contributed by atoms with Crippen molar-refractivity contribution in [1.82, 2.24) is 15.3 Å². The molecule has 2 N–H and O–H groups in total. The van der Waals surface area contributed by atoms with Gasteiger partial charge in [0, 0.05) is 18.2 Å². The van der Waals surface area contributed by atoms with Crippen LogP contribution < -0.4 is 15.4 Å². The average Bonchev–Trinajstić information content (AvgIpc) is 2.74. The van der Waals surface area contributed by atoms with Gasteiger partial charge >= 0.3 is 0 Å². The molecule has 0 atom stereocenters. The molecular formula is C22H22N4O2. The highest BCUT2D eigenvalue weighted by Gasteiger charge is 2.14. The van der Waals surface area contributed by atoms with Crippen LogP contribution in [0.2, 0.25) is 0 Å². The molecule has 3 aromatic rings. The molecule has 1 amide bonds. The Morgan fingerprint density at radius 3 is 2.61 bits per heavy atom. The van der Waals surface area contributed by atoms with Crippen LogP contribution in [-0.2, 0) is 0 Å². The molecule has 142 valence electrons. The monoisotopic (exact) mass is 374 g/mol. The quantitative estimate of drug-likeness (QED) is 0.578. The van der Waals surface area contributed by atoms with E-state index in [2.05, 4.69) is 27.2 Å². The zero-order chi connectivity index (χ0) is 19.8. The summed E-state index contributed by atoms with van der Waals surface area (Å²) in [7, 11) is 0. The normalized spacial score (nSPS) is 10.2. The van der Waals surface area contributed by atoms with E-state index in [1.807, 2.05) is 61.5 Å². The molecule has 0 saturated carbocycles. The van der Waals surface area contributed by atoms with Crippen molar-refractivity contribution >= 4 is 17.4 Å². The predicted octanol–water partition coefficient (Wildman–Crippen LogP) is 4.20. The third-order valence-electron chi connectivity index (χ3n) is 3.85. The van der Waals surface area contributed by atoms with Gasteiger partial charge in [0.25, 0.3) is 5.91 Å². The number of amides is 1. The van der Waals surface area contributed by atoms with Crippen molar-refractivity contribution < 1.29 is 9.53 Å². The maximum atomic E-state index is 12.5. The zero-order valence-corrected chi connectivity index (χ0v) is 15.7. The van der Waals surface area contributed by atoms with Gasteiger partial charge < -0.3 is 15.4 Å². The lowest BCUT2D eigenvalue weighted by atomic mass is 10.2. The van der Waals surface area contributed by atoms with Crippen LogP contribution in [0.25, 0.3) is 11.4 Å².